The zero-order valence-electron chi connectivity index (χ0n) is 13.4. The summed E-state index contributed by atoms with van der Waals surface area (Å²) < 4.78 is 1.90. The summed E-state index contributed by atoms with van der Waals surface area (Å²) in [7, 11) is 0. The highest BCUT2D eigenvalue weighted by atomic mass is 32.1. The lowest BCUT2D eigenvalue weighted by Crippen LogP contribution is -2.30. The van der Waals surface area contributed by atoms with E-state index in [2.05, 4.69) is 52.1 Å². The number of aromatic nitrogens is 2. The lowest BCUT2D eigenvalue weighted by Gasteiger charge is -2.11. The van der Waals surface area contributed by atoms with Gasteiger partial charge in [0.2, 0.25) is 0 Å². The summed E-state index contributed by atoms with van der Waals surface area (Å²) in [4.78, 5) is 0. The molecule has 0 saturated heterocycles. The van der Waals surface area contributed by atoms with Crippen LogP contribution in [0.3, 0.4) is 0 Å². The lowest BCUT2D eigenvalue weighted by atomic mass is 10.1. The minimum Gasteiger partial charge on any atom is -0.362 e. The Morgan fingerprint density at radius 2 is 1.75 bits per heavy atom. The van der Waals surface area contributed by atoms with E-state index in [1.54, 1.807) is 6.20 Å². The smallest absolute Gasteiger partial charge is 0.170 e. The van der Waals surface area contributed by atoms with Gasteiger partial charge in [0, 0.05) is 24.6 Å². The molecule has 0 bridgehead atoms. The van der Waals surface area contributed by atoms with Gasteiger partial charge in [0.15, 0.2) is 5.11 Å². The SMILES string of the molecule is S=C(NCCc1ccccc1)Nc1ccc(Cn2cccn2)cc1. The summed E-state index contributed by atoms with van der Waals surface area (Å²) in [5, 5.41) is 11.3. The number of thiocarbonyl (C=S) groups is 1. The molecule has 0 saturated carbocycles. The van der Waals surface area contributed by atoms with Crippen molar-refractivity contribution in [3.05, 3.63) is 84.2 Å². The predicted molar refractivity (Wildman–Crippen MR) is 102 cm³/mol. The molecule has 0 amide bonds. The number of hydrogen-bond acceptors (Lipinski definition) is 2. The molecule has 5 heteroatoms. The summed E-state index contributed by atoms with van der Waals surface area (Å²) in [5.74, 6) is 0. The first-order valence-corrected chi connectivity index (χ1v) is 8.35. The van der Waals surface area contributed by atoms with Crippen LogP contribution in [0.25, 0.3) is 0 Å². The standard InChI is InChI=1S/C19H20N4S/c24-19(20-13-11-16-5-2-1-3-6-16)22-18-9-7-17(8-10-18)15-23-14-4-12-21-23/h1-10,12,14H,11,13,15H2,(H2,20,22,24). The van der Waals surface area contributed by atoms with Gasteiger partial charge in [0.25, 0.3) is 0 Å². The van der Waals surface area contributed by atoms with Gasteiger partial charge in [-0.2, -0.15) is 5.10 Å². The normalized spacial score (nSPS) is 10.3. The van der Waals surface area contributed by atoms with Gasteiger partial charge in [-0.15, -0.1) is 0 Å². The molecule has 2 aromatic carbocycles. The minimum atomic E-state index is 0.644. The average molecular weight is 336 g/mol. The molecule has 122 valence electrons. The van der Waals surface area contributed by atoms with E-state index in [1.807, 2.05) is 35.1 Å². The van der Waals surface area contributed by atoms with Crippen molar-refractivity contribution in [2.45, 2.75) is 13.0 Å². The fraction of sp³-hybridized carbons (Fsp3) is 0.158. The number of nitrogens with zero attached hydrogens (tertiary/aromatic N) is 2. The number of nitrogens with one attached hydrogen (secondary N) is 2. The molecule has 24 heavy (non-hydrogen) atoms. The summed E-state index contributed by atoms with van der Waals surface area (Å²) in [6.07, 6.45) is 4.69. The molecule has 2 N–H and O–H groups in total. The highest BCUT2D eigenvalue weighted by molar-refractivity contribution is 7.80. The fourth-order valence-electron chi connectivity index (χ4n) is 2.41. The molecular weight excluding hydrogens is 316 g/mol. The highest BCUT2D eigenvalue weighted by Gasteiger charge is 2.00. The van der Waals surface area contributed by atoms with Crippen molar-refractivity contribution >= 4 is 23.0 Å². The first-order valence-electron chi connectivity index (χ1n) is 7.95. The third kappa shape index (κ3) is 4.93. The average Bonchev–Trinajstić information content (AvgIpc) is 3.11. The molecule has 1 heterocycles. The first kappa shape index (κ1) is 16.2. The Morgan fingerprint density at radius 3 is 2.46 bits per heavy atom. The topological polar surface area (TPSA) is 41.9 Å². The summed E-state index contributed by atoms with van der Waals surface area (Å²) in [6.45, 7) is 1.58. The van der Waals surface area contributed by atoms with E-state index >= 15 is 0 Å². The van der Waals surface area contributed by atoms with Crippen LogP contribution < -0.4 is 10.6 Å². The summed E-state index contributed by atoms with van der Waals surface area (Å²) in [6, 6.07) is 20.5. The van der Waals surface area contributed by atoms with Gasteiger partial charge < -0.3 is 10.6 Å². The lowest BCUT2D eigenvalue weighted by molar-refractivity contribution is 0.687. The van der Waals surface area contributed by atoms with Crippen LogP contribution in [-0.4, -0.2) is 21.4 Å². The quantitative estimate of drug-likeness (QED) is 0.677. The van der Waals surface area contributed by atoms with Crippen LogP contribution in [-0.2, 0) is 13.0 Å². The van der Waals surface area contributed by atoms with Gasteiger partial charge in [-0.25, -0.2) is 0 Å². The molecule has 0 aliphatic carbocycles. The van der Waals surface area contributed by atoms with Crippen LogP contribution in [0, 0.1) is 0 Å². The van der Waals surface area contributed by atoms with Crippen molar-refractivity contribution in [3.63, 3.8) is 0 Å². The van der Waals surface area contributed by atoms with E-state index in [4.69, 9.17) is 12.2 Å². The number of benzene rings is 2. The molecule has 0 radical (unpaired) electrons. The second kappa shape index (κ2) is 8.26. The molecule has 3 rings (SSSR count). The molecular formula is C19H20N4S. The van der Waals surface area contributed by atoms with Crippen molar-refractivity contribution < 1.29 is 0 Å². The van der Waals surface area contributed by atoms with Crippen LogP contribution in [0.5, 0.6) is 0 Å². The Kier molecular flexibility index (Phi) is 5.58. The van der Waals surface area contributed by atoms with E-state index in [0.29, 0.717) is 5.11 Å². The molecule has 0 spiro atoms. The predicted octanol–water partition coefficient (Wildman–Crippen LogP) is 3.46. The van der Waals surface area contributed by atoms with Crippen LogP contribution >= 0.6 is 12.2 Å². The fourth-order valence-corrected chi connectivity index (χ4v) is 2.63. The van der Waals surface area contributed by atoms with Gasteiger partial charge in [0.05, 0.1) is 6.54 Å². The number of rotatable bonds is 6. The van der Waals surface area contributed by atoms with E-state index in [9.17, 15) is 0 Å². The van der Waals surface area contributed by atoms with Crippen molar-refractivity contribution in [3.8, 4) is 0 Å². The molecule has 0 unspecified atom stereocenters. The highest BCUT2D eigenvalue weighted by Crippen LogP contribution is 2.10. The van der Waals surface area contributed by atoms with E-state index < -0.39 is 0 Å². The maximum atomic E-state index is 5.34. The monoisotopic (exact) mass is 336 g/mol. The third-order valence-electron chi connectivity index (χ3n) is 3.66. The number of hydrogen-bond donors (Lipinski definition) is 2. The Labute approximate surface area is 147 Å². The van der Waals surface area contributed by atoms with Crippen LogP contribution in [0.1, 0.15) is 11.1 Å². The molecule has 0 aliphatic heterocycles. The second-order valence-corrected chi connectivity index (χ2v) is 5.93. The Hall–Kier alpha value is -2.66. The van der Waals surface area contributed by atoms with Crippen molar-refractivity contribution in [2.75, 3.05) is 11.9 Å². The molecule has 3 aromatic rings. The Morgan fingerprint density at radius 1 is 0.958 bits per heavy atom. The van der Waals surface area contributed by atoms with Crippen molar-refractivity contribution in [1.29, 1.82) is 0 Å². The Balaban J connectivity index is 1.44. The van der Waals surface area contributed by atoms with Gasteiger partial charge in [-0.1, -0.05) is 42.5 Å². The third-order valence-corrected chi connectivity index (χ3v) is 3.90. The maximum Gasteiger partial charge on any atom is 0.170 e. The molecule has 0 atom stereocenters. The van der Waals surface area contributed by atoms with Gasteiger partial charge >= 0.3 is 0 Å². The molecule has 0 fully saturated rings. The van der Waals surface area contributed by atoms with Crippen molar-refractivity contribution in [1.82, 2.24) is 15.1 Å². The van der Waals surface area contributed by atoms with Gasteiger partial charge in [0.1, 0.15) is 0 Å². The molecule has 1 aromatic heterocycles. The van der Waals surface area contributed by atoms with Gasteiger partial charge in [-0.3, -0.25) is 4.68 Å². The maximum absolute atomic E-state index is 5.34. The summed E-state index contributed by atoms with van der Waals surface area (Å²) >= 11 is 5.34. The zero-order valence-corrected chi connectivity index (χ0v) is 14.2. The van der Waals surface area contributed by atoms with Crippen LogP contribution in [0.2, 0.25) is 0 Å². The Bertz CT molecular complexity index is 752. The summed E-state index contributed by atoms with van der Waals surface area (Å²) in [5.41, 5.74) is 3.49. The van der Waals surface area contributed by atoms with Crippen LogP contribution in [0.4, 0.5) is 5.69 Å². The second-order valence-electron chi connectivity index (χ2n) is 5.52. The minimum absolute atomic E-state index is 0.644. The van der Waals surface area contributed by atoms with E-state index in [-0.39, 0.29) is 0 Å². The first-order chi connectivity index (χ1) is 11.8. The largest absolute Gasteiger partial charge is 0.362 e. The van der Waals surface area contributed by atoms with E-state index in [0.717, 1.165) is 25.2 Å². The van der Waals surface area contributed by atoms with E-state index in [1.165, 1.54) is 11.1 Å². The molecule has 4 nitrogen and oxygen atoms in total. The zero-order chi connectivity index (χ0) is 16.6. The molecule has 0 aliphatic rings. The van der Waals surface area contributed by atoms with Crippen LogP contribution in [0.15, 0.2) is 73.1 Å². The van der Waals surface area contributed by atoms with Gasteiger partial charge in [-0.05, 0) is 48.0 Å². The number of anilines is 1. The van der Waals surface area contributed by atoms with Crippen molar-refractivity contribution in [2.24, 2.45) is 0 Å².